The molecule has 2 aromatic heterocycles. The third-order valence-electron chi connectivity index (χ3n) is 4.28. The Labute approximate surface area is 162 Å². The lowest BCUT2D eigenvalue weighted by Crippen LogP contribution is -2.30. The van der Waals surface area contributed by atoms with E-state index in [4.69, 9.17) is 23.2 Å². The van der Waals surface area contributed by atoms with Crippen molar-refractivity contribution in [3.8, 4) is 0 Å². The summed E-state index contributed by atoms with van der Waals surface area (Å²) in [5.41, 5.74) is 1.27. The monoisotopic (exact) mass is 408 g/mol. The Balaban J connectivity index is 1.61. The van der Waals surface area contributed by atoms with Gasteiger partial charge in [0.1, 0.15) is 6.54 Å². The van der Waals surface area contributed by atoms with Crippen molar-refractivity contribution in [3.05, 3.63) is 49.0 Å². The van der Waals surface area contributed by atoms with Crippen LogP contribution in [0.4, 0.5) is 5.69 Å². The molecule has 9 heteroatoms. The van der Waals surface area contributed by atoms with Crippen molar-refractivity contribution in [1.29, 1.82) is 0 Å². The number of thiophene rings is 1. The van der Waals surface area contributed by atoms with Crippen LogP contribution in [0.5, 0.6) is 0 Å². The van der Waals surface area contributed by atoms with E-state index in [0.717, 1.165) is 35.9 Å². The number of nitrogens with zero attached hydrogens (tertiary/aromatic N) is 3. The Morgan fingerprint density at radius 2 is 1.92 bits per heavy atom. The summed E-state index contributed by atoms with van der Waals surface area (Å²) in [6.07, 6.45) is 4.05. The molecule has 0 spiro atoms. The van der Waals surface area contributed by atoms with E-state index in [1.165, 1.54) is 16.2 Å². The molecule has 0 atom stereocenters. The maximum atomic E-state index is 12.8. The van der Waals surface area contributed by atoms with Crippen molar-refractivity contribution >= 4 is 56.3 Å². The summed E-state index contributed by atoms with van der Waals surface area (Å²) in [6.45, 7) is -0.226. The molecule has 3 aromatic rings. The predicted octanol–water partition coefficient (Wildman–Crippen LogP) is 3.68. The van der Waals surface area contributed by atoms with Crippen LogP contribution in [0, 0.1) is 0 Å². The predicted molar refractivity (Wildman–Crippen MR) is 103 cm³/mol. The quantitative estimate of drug-likeness (QED) is 0.716. The van der Waals surface area contributed by atoms with E-state index in [0.29, 0.717) is 25.9 Å². The zero-order chi connectivity index (χ0) is 18.3. The lowest BCUT2D eigenvalue weighted by Gasteiger charge is -2.10. The number of amides is 1. The van der Waals surface area contributed by atoms with Crippen LogP contribution in [0.25, 0.3) is 10.2 Å². The number of hydrogen-bond acceptors (Lipinski definition) is 5. The van der Waals surface area contributed by atoms with Crippen LogP contribution < -0.4 is 10.9 Å². The van der Waals surface area contributed by atoms with Gasteiger partial charge in [0.2, 0.25) is 5.91 Å². The minimum absolute atomic E-state index is 0.226. The van der Waals surface area contributed by atoms with Gasteiger partial charge in [-0.1, -0.05) is 28.4 Å². The molecule has 1 amide bonds. The van der Waals surface area contributed by atoms with Crippen molar-refractivity contribution < 1.29 is 4.79 Å². The number of hydrogen-bond donors (Lipinski definition) is 1. The molecular weight excluding hydrogens is 395 g/mol. The smallest absolute Gasteiger partial charge is 0.279 e. The molecule has 134 valence electrons. The Bertz CT molecular complexity index is 1060. The van der Waals surface area contributed by atoms with Crippen LogP contribution in [0.15, 0.2) is 23.0 Å². The molecule has 6 nitrogen and oxygen atoms in total. The summed E-state index contributed by atoms with van der Waals surface area (Å²) in [6, 6.07) is 4.73. The van der Waals surface area contributed by atoms with Gasteiger partial charge in [0.05, 0.1) is 5.39 Å². The molecule has 0 saturated carbocycles. The Morgan fingerprint density at radius 1 is 1.19 bits per heavy atom. The molecule has 1 aromatic carbocycles. The Kier molecular flexibility index (Phi) is 4.69. The standard InChI is InChI=1S/C17H14Cl2N4O2S/c18-9-5-10(19)7-11(6-9)20-14(24)8-23-17(25)15-12-3-1-2-4-13(12)26-16(15)21-22-23/h5-7H,1-4,8H2,(H,20,24). The lowest BCUT2D eigenvalue weighted by atomic mass is 9.97. The summed E-state index contributed by atoms with van der Waals surface area (Å²) >= 11 is 13.4. The molecule has 1 aliphatic rings. The first-order chi connectivity index (χ1) is 12.5. The topological polar surface area (TPSA) is 76.9 Å². The van der Waals surface area contributed by atoms with Gasteiger partial charge in [0.15, 0.2) is 4.83 Å². The number of halogens is 2. The maximum Gasteiger partial charge on any atom is 0.279 e. The summed E-state index contributed by atoms with van der Waals surface area (Å²) in [4.78, 5) is 27.0. The number of aromatic nitrogens is 3. The summed E-state index contributed by atoms with van der Waals surface area (Å²) in [5.74, 6) is -0.400. The van der Waals surface area contributed by atoms with E-state index in [2.05, 4.69) is 15.6 Å². The number of rotatable bonds is 3. The molecule has 26 heavy (non-hydrogen) atoms. The van der Waals surface area contributed by atoms with Crippen LogP contribution in [-0.4, -0.2) is 20.9 Å². The van der Waals surface area contributed by atoms with Gasteiger partial charge in [-0.05, 0) is 49.4 Å². The van der Waals surface area contributed by atoms with Crippen LogP contribution >= 0.6 is 34.5 Å². The van der Waals surface area contributed by atoms with Crippen molar-refractivity contribution in [2.24, 2.45) is 0 Å². The maximum absolute atomic E-state index is 12.8. The van der Waals surface area contributed by atoms with Crippen LogP contribution in [0.2, 0.25) is 10.0 Å². The first kappa shape index (κ1) is 17.5. The number of nitrogens with one attached hydrogen (secondary N) is 1. The molecular formula is C17H14Cl2N4O2S. The normalized spacial score (nSPS) is 13.6. The molecule has 1 aliphatic carbocycles. The average Bonchev–Trinajstić information content (AvgIpc) is 2.95. The van der Waals surface area contributed by atoms with Gasteiger partial charge in [0, 0.05) is 20.6 Å². The van der Waals surface area contributed by atoms with Gasteiger partial charge < -0.3 is 5.32 Å². The van der Waals surface area contributed by atoms with E-state index in [-0.39, 0.29) is 12.1 Å². The summed E-state index contributed by atoms with van der Waals surface area (Å²) in [7, 11) is 0. The van der Waals surface area contributed by atoms with Crippen molar-refractivity contribution in [1.82, 2.24) is 15.0 Å². The van der Waals surface area contributed by atoms with Gasteiger partial charge in [-0.2, -0.15) is 0 Å². The third kappa shape index (κ3) is 3.34. The van der Waals surface area contributed by atoms with E-state index in [1.807, 2.05) is 0 Å². The fourth-order valence-electron chi connectivity index (χ4n) is 3.17. The highest BCUT2D eigenvalue weighted by Crippen LogP contribution is 2.33. The zero-order valence-electron chi connectivity index (χ0n) is 13.6. The Hall–Kier alpha value is -1.96. The zero-order valence-corrected chi connectivity index (χ0v) is 15.9. The molecule has 4 rings (SSSR count). The van der Waals surface area contributed by atoms with E-state index >= 15 is 0 Å². The van der Waals surface area contributed by atoms with Crippen molar-refractivity contribution in [2.75, 3.05) is 5.32 Å². The number of carbonyl (C=O) groups is 1. The largest absolute Gasteiger partial charge is 0.324 e. The summed E-state index contributed by atoms with van der Waals surface area (Å²) in [5, 5.41) is 12.2. The van der Waals surface area contributed by atoms with Gasteiger partial charge >= 0.3 is 0 Å². The highest BCUT2D eigenvalue weighted by molar-refractivity contribution is 7.18. The minimum Gasteiger partial charge on any atom is -0.324 e. The molecule has 2 heterocycles. The molecule has 0 bridgehead atoms. The first-order valence-electron chi connectivity index (χ1n) is 8.15. The Morgan fingerprint density at radius 3 is 2.69 bits per heavy atom. The van der Waals surface area contributed by atoms with Gasteiger partial charge in [-0.3, -0.25) is 9.59 Å². The molecule has 1 N–H and O–H groups in total. The molecule has 0 aliphatic heterocycles. The van der Waals surface area contributed by atoms with Crippen LogP contribution in [0.1, 0.15) is 23.3 Å². The highest BCUT2D eigenvalue weighted by atomic mass is 35.5. The van der Waals surface area contributed by atoms with Gasteiger partial charge in [-0.15, -0.1) is 16.4 Å². The molecule has 0 saturated heterocycles. The van der Waals surface area contributed by atoms with Crippen LogP contribution in [0.3, 0.4) is 0 Å². The van der Waals surface area contributed by atoms with Crippen LogP contribution in [-0.2, 0) is 24.2 Å². The second kappa shape index (κ2) is 6.98. The number of anilines is 1. The van der Waals surface area contributed by atoms with Gasteiger partial charge in [-0.25, -0.2) is 4.68 Å². The van der Waals surface area contributed by atoms with Gasteiger partial charge in [0.25, 0.3) is 5.56 Å². The minimum atomic E-state index is -0.400. The lowest BCUT2D eigenvalue weighted by molar-refractivity contribution is -0.117. The van der Waals surface area contributed by atoms with E-state index < -0.39 is 5.91 Å². The fourth-order valence-corrected chi connectivity index (χ4v) is 4.90. The molecule has 0 unspecified atom stereocenters. The molecule has 0 fully saturated rings. The number of aryl methyl sites for hydroxylation is 2. The van der Waals surface area contributed by atoms with Crippen molar-refractivity contribution in [3.63, 3.8) is 0 Å². The molecule has 0 radical (unpaired) electrons. The van der Waals surface area contributed by atoms with E-state index in [9.17, 15) is 9.59 Å². The number of benzene rings is 1. The van der Waals surface area contributed by atoms with Crippen molar-refractivity contribution in [2.45, 2.75) is 32.2 Å². The summed E-state index contributed by atoms with van der Waals surface area (Å²) < 4.78 is 1.10. The highest BCUT2D eigenvalue weighted by Gasteiger charge is 2.21. The SMILES string of the molecule is O=C(Cn1nnc2sc3c(c2c1=O)CCCC3)Nc1cc(Cl)cc(Cl)c1. The van der Waals surface area contributed by atoms with E-state index in [1.54, 1.807) is 18.2 Å². The number of fused-ring (bicyclic) bond motifs is 3. The number of carbonyl (C=O) groups excluding carboxylic acids is 1. The fraction of sp³-hybridized carbons (Fsp3) is 0.294. The first-order valence-corrected chi connectivity index (χ1v) is 9.72. The second-order valence-electron chi connectivity index (χ2n) is 6.15. The second-order valence-corrected chi connectivity index (χ2v) is 8.11. The third-order valence-corrected chi connectivity index (χ3v) is 5.90. The average molecular weight is 409 g/mol.